The van der Waals surface area contributed by atoms with Gasteiger partial charge in [0.15, 0.2) is 0 Å². The molecule has 1 saturated carbocycles. The molecule has 0 aliphatic heterocycles. The lowest BCUT2D eigenvalue weighted by Crippen LogP contribution is -2.31. The summed E-state index contributed by atoms with van der Waals surface area (Å²) >= 11 is 0. The van der Waals surface area contributed by atoms with Crippen LogP contribution < -0.4 is 0 Å². The monoisotopic (exact) mass is 253 g/mol. The maximum Gasteiger partial charge on any atom is 0.214 e. The zero-order chi connectivity index (χ0) is 12.3. The highest BCUT2D eigenvalue weighted by Gasteiger charge is 2.33. The molecule has 0 radical (unpaired) electrons. The van der Waals surface area contributed by atoms with Crippen LogP contribution >= 0.6 is 0 Å². The Bertz CT molecular complexity index is 452. The maximum atomic E-state index is 11.9. The van der Waals surface area contributed by atoms with E-state index >= 15 is 0 Å². The van der Waals surface area contributed by atoms with Crippen LogP contribution in [0.4, 0.5) is 0 Å². The number of benzene rings is 1. The normalized spacial score (nSPS) is 16.4. The summed E-state index contributed by atoms with van der Waals surface area (Å²) in [5.74, 6) is 0.259. The van der Waals surface area contributed by atoms with E-state index in [4.69, 9.17) is 0 Å². The molecule has 1 fully saturated rings. The Kier molecular flexibility index (Phi) is 3.84. The highest BCUT2D eigenvalue weighted by Crippen LogP contribution is 2.27. The number of aryl methyl sites for hydroxylation is 1. The molecule has 1 aliphatic carbocycles. The fourth-order valence-corrected chi connectivity index (χ4v) is 3.37. The summed E-state index contributed by atoms with van der Waals surface area (Å²) in [4.78, 5) is 0. The van der Waals surface area contributed by atoms with E-state index in [1.54, 1.807) is 11.4 Å². The van der Waals surface area contributed by atoms with E-state index in [-0.39, 0.29) is 11.8 Å². The van der Waals surface area contributed by atoms with Crippen molar-refractivity contribution in [1.29, 1.82) is 0 Å². The van der Waals surface area contributed by atoms with Gasteiger partial charge in [0, 0.05) is 13.1 Å². The van der Waals surface area contributed by atoms with E-state index in [2.05, 4.69) is 0 Å². The van der Waals surface area contributed by atoms with E-state index in [0.29, 0.717) is 6.42 Å². The van der Waals surface area contributed by atoms with Crippen LogP contribution in [0.5, 0.6) is 0 Å². The fourth-order valence-electron chi connectivity index (χ4n) is 1.91. The first-order chi connectivity index (χ1) is 8.09. The topological polar surface area (TPSA) is 37.4 Å². The molecule has 17 heavy (non-hydrogen) atoms. The molecule has 0 N–H and O–H groups in total. The third-order valence-corrected chi connectivity index (χ3v) is 5.19. The van der Waals surface area contributed by atoms with Crippen molar-refractivity contribution >= 4 is 10.0 Å². The van der Waals surface area contributed by atoms with Crippen molar-refractivity contribution in [2.45, 2.75) is 31.7 Å². The smallest absolute Gasteiger partial charge is 0.212 e. The molecule has 3 nitrogen and oxygen atoms in total. The van der Waals surface area contributed by atoms with Crippen molar-refractivity contribution in [3.05, 3.63) is 35.9 Å². The second-order valence-electron chi connectivity index (χ2n) is 4.65. The quantitative estimate of drug-likeness (QED) is 0.778. The lowest BCUT2D eigenvalue weighted by molar-refractivity contribution is 0.463. The maximum absolute atomic E-state index is 11.9. The standard InChI is InChI=1S/C13H19NO2S/c1-14(13-9-10-13)17(15,16)11-5-8-12-6-3-2-4-7-12/h2-4,6-7,13H,5,8-11H2,1H3. The summed E-state index contributed by atoms with van der Waals surface area (Å²) in [6.07, 6.45) is 3.57. The Hall–Kier alpha value is -0.870. The second-order valence-corrected chi connectivity index (χ2v) is 6.80. The molecular weight excluding hydrogens is 234 g/mol. The minimum Gasteiger partial charge on any atom is -0.212 e. The van der Waals surface area contributed by atoms with Gasteiger partial charge in [-0.1, -0.05) is 30.3 Å². The van der Waals surface area contributed by atoms with Gasteiger partial charge < -0.3 is 0 Å². The van der Waals surface area contributed by atoms with Gasteiger partial charge in [0.1, 0.15) is 0 Å². The molecule has 0 unspecified atom stereocenters. The largest absolute Gasteiger partial charge is 0.214 e. The van der Waals surface area contributed by atoms with Crippen LogP contribution in [0.25, 0.3) is 0 Å². The third kappa shape index (κ3) is 3.54. The Balaban J connectivity index is 1.81. The average molecular weight is 253 g/mol. The van der Waals surface area contributed by atoms with Crippen LogP contribution in [0.1, 0.15) is 24.8 Å². The first-order valence-corrected chi connectivity index (χ1v) is 7.70. The van der Waals surface area contributed by atoms with Gasteiger partial charge in [0.2, 0.25) is 10.0 Å². The van der Waals surface area contributed by atoms with E-state index in [9.17, 15) is 8.42 Å². The van der Waals surface area contributed by atoms with Crippen molar-refractivity contribution in [1.82, 2.24) is 4.31 Å². The lowest BCUT2D eigenvalue weighted by atomic mass is 10.1. The molecule has 0 bridgehead atoms. The van der Waals surface area contributed by atoms with Gasteiger partial charge >= 0.3 is 0 Å². The zero-order valence-electron chi connectivity index (χ0n) is 10.2. The van der Waals surface area contributed by atoms with Gasteiger partial charge in [-0.05, 0) is 31.2 Å². The van der Waals surface area contributed by atoms with Crippen molar-refractivity contribution in [3.63, 3.8) is 0 Å². The Labute approximate surface area is 104 Å². The van der Waals surface area contributed by atoms with Crippen molar-refractivity contribution < 1.29 is 8.42 Å². The highest BCUT2D eigenvalue weighted by atomic mass is 32.2. The molecule has 1 aromatic rings. The summed E-state index contributed by atoms with van der Waals surface area (Å²) in [6, 6.07) is 10.3. The molecular formula is C13H19NO2S. The van der Waals surface area contributed by atoms with E-state index in [1.807, 2.05) is 30.3 Å². The number of nitrogens with zero attached hydrogens (tertiary/aromatic N) is 1. The van der Waals surface area contributed by atoms with Crippen molar-refractivity contribution in [2.75, 3.05) is 12.8 Å². The van der Waals surface area contributed by atoms with Gasteiger partial charge in [0.05, 0.1) is 5.75 Å². The summed E-state index contributed by atoms with van der Waals surface area (Å²) < 4.78 is 25.4. The van der Waals surface area contributed by atoms with Gasteiger partial charge in [-0.25, -0.2) is 12.7 Å². The van der Waals surface area contributed by atoms with Gasteiger partial charge in [-0.15, -0.1) is 0 Å². The molecule has 1 aliphatic rings. The fraction of sp³-hybridized carbons (Fsp3) is 0.538. The minimum absolute atomic E-state index is 0.259. The Morgan fingerprint density at radius 2 is 1.88 bits per heavy atom. The average Bonchev–Trinajstić information content (AvgIpc) is 3.13. The Morgan fingerprint density at radius 3 is 2.47 bits per heavy atom. The Morgan fingerprint density at radius 1 is 1.24 bits per heavy atom. The van der Waals surface area contributed by atoms with Gasteiger partial charge in [-0.2, -0.15) is 0 Å². The van der Waals surface area contributed by atoms with Gasteiger partial charge in [-0.3, -0.25) is 0 Å². The number of hydrogen-bond donors (Lipinski definition) is 0. The molecule has 0 amide bonds. The highest BCUT2D eigenvalue weighted by molar-refractivity contribution is 7.89. The van der Waals surface area contributed by atoms with Gasteiger partial charge in [0.25, 0.3) is 0 Å². The molecule has 0 heterocycles. The molecule has 4 heteroatoms. The third-order valence-electron chi connectivity index (χ3n) is 3.21. The van der Waals surface area contributed by atoms with Crippen LogP contribution in [-0.2, 0) is 16.4 Å². The van der Waals surface area contributed by atoms with Crippen LogP contribution in [0.2, 0.25) is 0 Å². The minimum atomic E-state index is -3.03. The molecule has 2 rings (SSSR count). The van der Waals surface area contributed by atoms with Crippen molar-refractivity contribution in [3.8, 4) is 0 Å². The molecule has 0 atom stereocenters. The predicted octanol–water partition coefficient (Wildman–Crippen LogP) is 2.04. The van der Waals surface area contributed by atoms with Crippen LogP contribution in [-0.4, -0.2) is 31.6 Å². The summed E-state index contributed by atoms with van der Waals surface area (Å²) in [5.41, 5.74) is 1.21. The first-order valence-electron chi connectivity index (χ1n) is 6.09. The first kappa shape index (κ1) is 12.6. The second kappa shape index (κ2) is 5.19. The van der Waals surface area contributed by atoms with E-state index in [0.717, 1.165) is 19.3 Å². The van der Waals surface area contributed by atoms with Crippen molar-refractivity contribution in [2.24, 2.45) is 0 Å². The summed E-state index contributed by atoms with van der Waals surface area (Å²) in [5, 5.41) is 0. The predicted molar refractivity (Wildman–Crippen MR) is 69.3 cm³/mol. The van der Waals surface area contributed by atoms with Crippen LogP contribution in [0.15, 0.2) is 30.3 Å². The SMILES string of the molecule is CN(C1CC1)S(=O)(=O)CCCc1ccccc1. The lowest BCUT2D eigenvalue weighted by Gasteiger charge is -2.15. The zero-order valence-corrected chi connectivity index (χ0v) is 11.0. The molecule has 94 valence electrons. The molecule has 0 aromatic heterocycles. The van der Waals surface area contributed by atoms with E-state index in [1.165, 1.54) is 5.56 Å². The molecule has 0 spiro atoms. The molecule has 0 saturated heterocycles. The molecule has 1 aromatic carbocycles. The summed E-state index contributed by atoms with van der Waals surface area (Å²) in [7, 11) is -1.33. The van der Waals surface area contributed by atoms with Crippen LogP contribution in [0, 0.1) is 0 Å². The van der Waals surface area contributed by atoms with E-state index < -0.39 is 10.0 Å². The number of sulfonamides is 1. The number of rotatable bonds is 6. The number of hydrogen-bond acceptors (Lipinski definition) is 2. The summed E-state index contributed by atoms with van der Waals surface area (Å²) in [6.45, 7) is 0. The van der Waals surface area contributed by atoms with Crippen LogP contribution in [0.3, 0.4) is 0 Å².